The second-order valence-electron chi connectivity index (χ2n) is 5.43. The van der Waals surface area contributed by atoms with Gasteiger partial charge in [-0.3, -0.25) is 4.79 Å². The predicted molar refractivity (Wildman–Crippen MR) is 79.9 cm³/mol. The van der Waals surface area contributed by atoms with Crippen LogP contribution in [0.2, 0.25) is 0 Å². The van der Waals surface area contributed by atoms with E-state index in [0.717, 1.165) is 13.0 Å². The number of rotatable bonds is 9. The molecule has 0 spiro atoms. The third-order valence-electron chi connectivity index (χ3n) is 3.15. The van der Waals surface area contributed by atoms with E-state index in [1.54, 1.807) is 4.90 Å². The average Bonchev–Trinajstić information content (AvgIpc) is 2.27. The van der Waals surface area contributed by atoms with Crippen LogP contribution in [0.15, 0.2) is 0 Å². The summed E-state index contributed by atoms with van der Waals surface area (Å²) in [7, 11) is 3.93. The molecule has 6 heteroatoms. The molecule has 0 saturated carbocycles. The molecule has 0 saturated heterocycles. The molecule has 0 aromatic rings. The molecule has 2 amide bonds. The average molecular weight is 287 g/mol. The highest BCUT2D eigenvalue weighted by Gasteiger charge is 2.22. The molecule has 2 N–H and O–H groups in total. The van der Waals surface area contributed by atoms with Crippen LogP contribution in [0.3, 0.4) is 0 Å². The fourth-order valence-corrected chi connectivity index (χ4v) is 2.32. The number of hydrogen-bond donors (Lipinski definition) is 2. The van der Waals surface area contributed by atoms with Crippen molar-refractivity contribution in [3.8, 4) is 0 Å². The molecule has 0 aliphatic rings. The van der Waals surface area contributed by atoms with Gasteiger partial charge in [0.25, 0.3) is 0 Å². The summed E-state index contributed by atoms with van der Waals surface area (Å²) >= 11 is 0. The van der Waals surface area contributed by atoms with Crippen molar-refractivity contribution in [1.82, 2.24) is 15.1 Å². The summed E-state index contributed by atoms with van der Waals surface area (Å²) in [6.07, 6.45) is 1.49. The van der Waals surface area contributed by atoms with Crippen molar-refractivity contribution in [3.05, 3.63) is 0 Å². The number of urea groups is 1. The summed E-state index contributed by atoms with van der Waals surface area (Å²) in [6.45, 7) is 7.28. The number of carbonyl (C=O) groups excluding carboxylic acids is 1. The number of amides is 2. The van der Waals surface area contributed by atoms with E-state index < -0.39 is 5.97 Å². The Morgan fingerprint density at radius 2 is 1.85 bits per heavy atom. The van der Waals surface area contributed by atoms with Crippen LogP contribution in [0.4, 0.5) is 4.79 Å². The fraction of sp³-hybridized carbons (Fsp3) is 0.857. The Hall–Kier alpha value is -1.30. The topological polar surface area (TPSA) is 72.9 Å². The largest absolute Gasteiger partial charge is 0.481 e. The number of carbonyl (C=O) groups is 2. The second-order valence-corrected chi connectivity index (χ2v) is 5.43. The second kappa shape index (κ2) is 9.58. The van der Waals surface area contributed by atoms with Crippen molar-refractivity contribution in [3.63, 3.8) is 0 Å². The van der Waals surface area contributed by atoms with E-state index in [1.807, 2.05) is 39.8 Å². The summed E-state index contributed by atoms with van der Waals surface area (Å²) in [5.41, 5.74) is 0. The molecule has 0 aromatic heterocycles. The lowest BCUT2D eigenvalue weighted by Crippen LogP contribution is -2.51. The van der Waals surface area contributed by atoms with Crippen molar-refractivity contribution in [1.29, 1.82) is 0 Å². The first-order valence-electron chi connectivity index (χ1n) is 7.25. The molecule has 0 rings (SSSR count). The highest BCUT2D eigenvalue weighted by Crippen LogP contribution is 2.06. The zero-order valence-corrected chi connectivity index (χ0v) is 13.3. The third-order valence-corrected chi connectivity index (χ3v) is 3.15. The summed E-state index contributed by atoms with van der Waals surface area (Å²) in [6, 6.07) is -0.394. The van der Waals surface area contributed by atoms with Gasteiger partial charge in [-0.1, -0.05) is 13.3 Å². The van der Waals surface area contributed by atoms with Gasteiger partial charge in [0.15, 0.2) is 0 Å². The summed E-state index contributed by atoms with van der Waals surface area (Å²) in [5.74, 6) is -0.881. The molecule has 2 unspecified atom stereocenters. The molecule has 0 fully saturated rings. The normalized spacial score (nSPS) is 13.9. The van der Waals surface area contributed by atoms with Gasteiger partial charge in [0.2, 0.25) is 0 Å². The van der Waals surface area contributed by atoms with Crippen LogP contribution in [-0.2, 0) is 4.79 Å². The quantitative estimate of drug-likeness (QED) is 0.676. The minimum absolute atomic E-state index is 0.0286. The van der Waals surface area contributed by atoms with E-state index in [0.29, 0.717) is 13.0 Å². The Morgan fingerprint density at radius 1 is 1.25 bits per heavy atom. The molecule has 0 heterocycles. The van der Waals surface area contributed by atoms with Gasteiger partial charge >= 0.3 is 12.0 Å². The summed E-state index contributed by atoms with van der Waals surface area (Å²) in [4.78, 5) is 26.9. The molecule has 0 aromatic carbocycles. The summed E-state index contributed by atoms with van der Waals surface area (Å²) < 4.78 is 0. The van der Waals surface area contributed by atoms with Gasteiger partial charge in [0.1, 0.15) is 0 Å². The number of carboxylic acid groups (broad SMARTS) is 1. The van der Waals surface area contributed by atoms with E-state index in [-0.39, 0.29) is 24.5 Å². The number of carboxylic acids is 1. The van der Waals surface area contributed by atoms with Crippen LogP contribution >= 0.6 is 0 Å². The third kappa shape index (κ3) is 7.33. The fourth-order valence-electron chi connectivity index (χ4n) is 2.32. The Balaban J connectivity index is 4.60. The van der Waals surface area contributed by atoms with Crippen LogP contribution in [-0.4, -0.2) is 66.2 Å². The number of aliphatic carboxylic acids is 1. The first-order valence-corrected chi connectivity index (χ1v) is 7.25. The van der Waals surface area contributed by atoms with Crippen molar-refractivity contribution in [2.45, 2.75) is 52.1 Å². The molecule has 0 aliphatic heterocycles. The maximum Gasteiger partial charge on any atom is 0.317 e. The summed E-state index contributed by atoms with van der Waals surface area (Å²) in [5, 5.41) is 11.7. The Kier molecular flexibility index (Phi) is 8.96. The maximum absolute atomic E-state index is 12.3. The predicted octanol–water partition coefficient (Wildman–Crippen LogP) is 1.61. The molecule has 20 heavy (non-hydrogen) atoms. The molecule has 6 nitrogen and oxygen atoms in total. The van der Waals surface area contributed by atoms with Crippen LogP contribution in [0, 0.1) is 0 Å². The van der Waals surface area contributed by atoms with E-state index in [1.165, 1.54) is 0 Å². The van der Waals surface area contributed by atoms with E-state index in [9.17, 15) is 9.59 Å². The molecule has 0 aliphatic carbocycles. The first kappa shape index (κ1) is 18.7. The minimum Gasteiger partial charge on any atom is -0.481 e. The number of nitrogens with one attached hydrogen (secondary N) is 1. The van der Waals surface area contributed by atoms with Crippen molar-refractivity contribution < 1.29 is 14.7 Å². The highest BCUT2D eigenvalue weighted by molar-refractivity contribution is 5.76. The van der Waals surface area contributed by atoms with Gasteiger partial charge < -0.3 is 20.2 Å². The van der Waals surface area contributed by atoms with Gasteiger partial charge in [-0.2, -0.15) is 0 Å². The zero-order chi connectivity index (χ0) is 15.7. The van der Waals surface area contributed by atoms with Crippen LogP contribution in [0.1, 0.15) is 40.0 Å². The SMILES string of the molecule is CCCC(CC(=O)O)NC(=O)N(CC)C(C)CN(C)C. The Morgan fingerprint density at radius 3 is 2.25 bits per heavy atom. The number of hydrogen-bond acceptors (Lipinski definition) is 3. The van der Waals surface area contributed by atoms with Gasteiger partial charge in [-0.25, -0.2) is 4.79 Å². The number of nitrogens with zero attached hydrogens (tertiary/aromatic N) is 2. The first-order chi connectivity index (χ1) is 9.31. The minimum atomic E-state index is -0.881. The molecule has 0 bridgehead atoms. The number of likely N-dealkylation sites (N-methyl/N-ethyl adjacent to an activating group) is 2. The van der Waals surface area contributed by atoms with E-state index in [2.05, 4.69) is 5.32 Å². The van der Waals surface area contributed by atoms with Crippen molar-refractivity contribution >= 4 is 12.0 Å². The van der Waals surface area contributed by atoms with Gasteiger partial charge in [0.05, 0.1) is 6.42 Å². The lowest BCUT2D eigenvalue weighted by molar-refractivity contribution is -0.137. The molecule has 0 radical (unpaired) electrons. The highest BCUT2D eigenvalue weighted by atomic mass is 16.4. The van der Waals surface area contributed by atoms with Crippen molar-refractivity contribution in [2.24, 2.45) is 0 Å². The monoisotopic (exact) mass is 287 g/mol. The molecular weight excluding hydrogens is 258 g/mol. The molecular formula is C14H29N3O3. The van der Waals surface area contributed by atoms with Gasteiger partial charge in [-0.05, 0) is 34.4 Å². The van der Waals surface area contributed by atoms with Crippen LogP contribution < -0.4 is 5.32 Å². The van der Waals surface area contributed by atoms with Gasteiger partial charge in [0, 0.05) is 25.2 Å². The van der Waals surface area contributed by atoms with Crippen LogP contribution in [0.25, 0.3) is 0 Å². The lowest BCUT2D eigenvalue weighted by atomic mass is 10.1. The molecule has 118 valence electrons. The smallest absolute Gasteiger partial charge is 0.317 e. The zero-order valence-electron chi connectivity index (χ0n) is 13.3. The standard InChI is InChI=1S/C14H29N3O3/c1-6-8-12(9-13(18)19)15-14(20)17(7-2)11(3)10-16(4)5/h11-12H,6-10H2,1-5H3,(H,15,20)(H,18,19). The Bertz CT molecular complexity index is 308. The molecule has 2 atom stereocenters. The lowest BCUT2D eigenvalue weighted by Gasteiger charge is -2.31. The maximum atomic E-state index is 12.3. The van der Waals surface area contributed by atoms with E-state index >= 15 is 0 Å². The Labute approximate surface area is 122 Å². The van der Waals surface area contributed by atoms with Crippen molar-refractivity contribution in [2.75, 3.05) is 27.2 Å². The van der Waals surface area contributed by atoms with Crippen LogP contribution in [0.5, 0.6) is 0 Å². The van der Waals surface area contributed by atoms with Gasteiger partial charge in [-0.15, -0.1) is 0 Å². The van der Waals surface area contributed by atoms with E-state index in [4.69, 9.17) is 5.11 Å².